The maximum atomic E-state index is 10.9. The number of aromatic nitrogens is 2. The number of rotatable bonds is 7. The standard InChI is InChI=1S/C60H40N2SSi/c1-4-20-41(21-5-1)42-22-18-28-46(38-42)64(44-24-6-2-7-25-44,45-26-8-3-9-27-45)47-29-19-23-43(39-47)61-53-34-14-12-32-50(53)52-40-56(60-58(59(52)61)51-33-13-17-37-57(51)63-60)62-54-35-15-10-30-48(54)49-31-11-16-36-55(49)62/h1-40H/i1D,4D,5D,10D,11D,15D,16D,18D,19D,20D,21D,22D,23D,28D,29D,30D,31D,35D,36D,38D,39D. The molecular weight excluding hydrogens is 809 g/mol. The summed E-state index contributed by atoms with van der Waals surface area (Å²) in [4.78, 5) is 0. The average Bonchev–Trinajstić information content (AvgIpc) is 1.74. The Bertz CT molecular complexity index is 5010. The number of fused-ring (bicyclic) bond motifs is 10. The summed E-state index contributed by atoms with van der Waals surface area (Å²) in [7, 11) is -4.87. The largest absolute Gasteiger partial charge is 0.309 e. The summed E-state index contributed by atoms with van der Waals surface area (Å²) in [6, 6.07) is 19.4. The molecule has 13 rings (SSSR count). The molecule has 3 heterocycles. The van der Waals surface area contributed by atoms with Crippen LogP contribution in [0.3, 0.4) is 0 Å². The van der Waals surface area contributed by atoms with Gasteiger partial charge in [-0.05, 0) is 74.2 Å². The molecule has 13 aromatic rings. The lowest BCUT2D eigenvalue weighted by molar-refractivity contribution is 1.18. The molecular formula is C60H40N2SSi. The average molecular weight is 870 g/mol. The van der Waals surface area contributed by atoms with E-state index in [4.69, 9.17) is 12.3 Å². The second kappa shape index (κ2) is 14.7. The van der Waals surface area contributed by atoms with Crippen molar-refractivity contribution >= 4 is 104 Å². The highest BCUT2D eigenvalue weighted by molar-refractivity contribution is 7.26. The van der Waals surface area contributed by atoms with Gasteiger partial charge < -0.3 is 9.13 Å². The molecule has 0 radical (unpaired) electrons. The van der Waals surface area contributed by atoms with Crippen LogP contribution in [0.4, 0.5) is 0 Å². The van der Waals surface area contributed by atoms with Gasteiger partial charge in [-0.1, -0.05) is 200 Å². The smallest absolute Gasteiger partial charge is 0.179 e. The Balaban J connectivity index is 1.25. The number of hydrogen-bond donors (Lipinski definition) is 0. The molecule has 3 aromatic heterocycles. The summed E-state index contributed by atoms with van der Waals surface area (Å²) in [5.41, 5.74) is -0.546. The van der Waals surface area contributed by atoms with E-state index in [1.165, 1.54) is 15.9 Å². The van der Waals surface area contributed by atoms with Crippen molar-refractivity contribution in [3.05, 3.63) is 242 Å². The summed E-state index contributed by atoms with van der Waals surface area (Å²) < 4.78 is 201. The van der Waals surface area contributed by atoms with E-state index < -0.39 is 146 Å². The molecule has 0 N–H and O–H groups in total. The van der Waals surface area contributed by atoms with E-state index in [-0.39, 0.29) is 43.6 Å². The minimum Gasteiger partial charge on any atom is -0.309 e. The van der Waals surface area contributed by atoms with Gasteiger partial charge in [0.2, 0.25) is 0 Å². The Morgan fingerprint density at radius 1 is 0.406 bits per heavy atom. The van der Waals surface area contributed by atoms with E-state index >= 15 is 0 Å². The first-order valence-corrected chi connectivity index (χ1v) is 23.1. The predicted molar refractivity (Wildman–Crippen MR) is 277 cm³/mol. The Morgan fingerprint density at radius 3 is 1.70 bits per heavy atom. The minimum absolute atomic E-state index is 0.110. The van der Waals surface area contributed by atoms with Crippen LogP contribution >= 0.6 is 11.3 Å². The van der Waals surface area contributed by atoms with Gasteiger partial charge in [0, 0.05) is 42.7 Å². The Morgan fingerprint density at radius 2 is 0.984 bits per heavy atom. The van der Waals surface area contributed by atoms with Gasteiger partial charge in [-0.2, -0.15) is 0 Å². The molecule has 0 unspecified atom stereocenters. The van der Waals surface area contributed by atoms with Crippen molar-refractivity contribution in [2.24, 2.45) is 0 Å². The Kier molecular flexibility index (Phi) is 4.94. The molecule has 10 aromatic carbocycles. The first-order valence-electron chi connectivity index (χ1n) is 30.8. The van der Waals surface area contributed by atoms with Crippen molar-refractivity contribution in [2.45, 2.75) is 0 Å². The van der Waals surface area contributed by atoms with Crippen molar-refractivity contribution in [3.8, 4) is 22.5 Å². The van der Waals surface area contributed by atoms with E-state index in [2.05, 4.69) is 0 Å². The zero-order valence-corrected chi connectivity index (χ0v) is 35.1. The van der Waals surface area contributed by atoms with Crippen molar-refractivity contribution in [3.63, 3.8) is 0 Å². The third-order valence-electron chi connectivity index (χ3n) is 11.9. The number of para-hydroxylation sites is 3. The van der Waals surface area contributed by atoms with E-state index in [0.29, 0.717) is 52.4 Å². The zero-order valence-electron chi connectivity index (χ0n) is 54.3. The molecule has 0 aliphatic heterocycles. The summed E-state index contributed by atoms with van der Waals surface area (Å²) >= 11 is 1.28. The minimum atomic E-state index is -4.87. The highest BCUT2D eigenvalue weighted by atomic mass is 32.1. The summed E-state index contributed by atoms with van der Waals surface area (Å²) in [6.07, 6.45) is 0. The van der Waals surface area contributed by atoms with E-state index in [0.717, 1.165) is 0 Å². The lowest BCUT2D eigenvalue weighted by Crippen LogP contribution is -2.74. The first-order chi connectivity index (χ1) is 40.5. The molecule has 0 aliphatic carbocycles. The summed E-state index contributed by atoms with van der Waals surface area (Å²) in [6.45, 7) is 0. The second-order valence-electron chi connectivity index (χ2n) is 15.2. The predicted octanol–water partition coefficient (Wildman–Crippen LogP) is 13.3. The zero-order chi connectivity index (χ0) is 60.5. The van der Waals surface area contributed by atoms with Crippen molar-refractivity contribution < 1.29 is 28.8 Å². The maximum Gasteiger partial charge on any atom is 0.179 e. The fraction of sp³-hybridized carbons (Fsp3) is 0. The number of nitrogens with zero attached hydrogens (tertiary/aromatic N) is 2. The molecule has 0 bridgehead atoms. The number of hydrogen-bond acceptors (Lipinski definition) is 1. The Labute approximate surface area is 405 Å². The van der Waals surface area contributed by atoms with Crippen LogP contribution in [0.1, 0.15) is 28.8 Å². The fourth-order valence-corrected chi connectivity index (χ4v) is 14.7. The van der Waals surface area contributed by atoms with Crippen LogP contribution in [0.15, 0.2) is 242 Å². The molecule has 0 saturated heterocycles. The molecule has 0 amide bonds. The summed E-state index contributed by atoms with van der Waals surface area (Å²) in [5.74, 6) is 0. The first kappa shape index (κ1) is 21.5. The van der Waals surface area contributed by atoms with Gasteiger partial charge in [-0.25, -0.2) is 0 Å². The van der Waals surface area contributed by atoms with Crippen LogP contribution in [-0.2, 0) is 0 Å². The van der Waals surface area contributed by atoms with Crippen molar-refractivity contribution in [1.29, 1.82) is 0 Å². The molecule has 0 aliphatic rings. The molecule has 0 saturated carbocycles. The van der Waals surface area contributed by atoms with E-state index in [1.807, 2.05) is 24.3 Å². The third kappa shape index (κ3) is 5.43. The number of thiophene rings is 1. The third-order valence-corrected chi connectivity index (χ3v) is 17.5. The van der Waals surface area contributed by atoms with Crippen LogP contribution in [0.2, 0.25) is 0 Å². The van der Waals surface area contributed by atoms with Gasteiger partial charge in [0.15, 0.2) is 8.07 Å². The van der Waals surface area contributed by atoms with Gasteiger partial charge >= 0.3 is 0 Å². The monoisotopic (exact) mass is 869 g/mol. The van der Waals surface area contributed by atoms with Gasteiger partial charge in [0.05, 0.1) is 61.2 Å². The normalized spacial score (nSPS) is 16.7. The van der Waals surface area contributed by atoms with Crippen LogP contribution in [0.5, 0.6) is 0 Å². The van der Waals surface area contributed by atoms with E-state index in [9.17, 15) is 16.4 Å². The maximum absolute atomic E-state index is 10.9. The van der Waals surface area contributed by atoms with Gasteiger partial charge in [0.1, 0.15) is 0 Å². The highest BCUT2D eigenvalue weighted by Gasteiger charge is 2.42. The van der Waals surface area contributed by atoms with Gasteiger partial charge in [-0.15, -0.1) is 11.3 Å². The fourth-order valence-electron chi connectivity index (χ4n) is 9.29. The van der Waals surface area contributed by atoms with Crippen LogP contribution in [0, 0.1) is 0 Å². The van der Waals surface area contributed by atoms with Gasteiger partial charge in [-0.3, -0.25) is 0 Å². The number of benzene rings is 10. The van der Waals surface area contributed by atoms with Crippen molar-refractivity contribution in [2.75, 3.05) is 0 Å². The van der Waals surface area contributed by atoms with Gasteiger partial charge in [0.25, 0.3) is 0 Å². The van der Waals surface area contributed by atoms with Crippen LogP contribution in [0.25, 0.3) is 86.3 Å². The van der Waals surface area contributed by atoms with Crippen LogP contribution in [-0.4, -0.2) is 17.2 Å². The lowest BCUT2D eigenvalue weighted by Gasteiger charge is -2.35. The molecule has 0 spiro atoms. The van der Waals surface area contributed by atoms with Crippen molar-refractivity contribution in [1.82, 2.24) is 9.13 Å². The highest BCUT2D eigenvalue weighted by Crippen LogP contribution is 2.47. The summed E-state index contributed by atoms with van der Waals surface area (Å²) in [5, 5.41) is 1.96. The molecule has 64 heavy (non-hydrogen) atoms. The quantitative estimate of drug-likeness (QED) is 0.112. The lowest BCUT2D eigenvalue weighted by atomic mass is 10.1. The molecule has 2 nitrogen and oxygen atoms in total. The molecule has 300 valence electrons. The Hall–Kier alpha value is -7.76. The van der Waals surface area contributed by atoms with E-state index in [1.54, 1.807) is 95.6 Å². The second-order valence-corrected chi connectivity index (χ2v) is 19.9. The molecule has 0 fully saturated rings. The molecule has 4 heteroatoms. The topological polar surface area (TPSA) is 9.86 Å². The van der Waals surface area contributed by atoms with Crippen LogP contribution < -0.4 is 20.7 Å². The SMILES string of the molecule is [2H]c1c([2H])c([2H])c(-c2c([2H])c([2H])c([2H])c([Si](c3ccccc3)(c3ccccc3)c3c([2H])c([2H])c([2H])c(-n4c5ccccc5c5cc(-n6c7c([2H])c([2H])c([2H])c([2H])c7c7c([2H])c([2H])c([2H])c([2H])c76)c6sc7ccccc7c6c54)c3[2H])c2[2H])c([2H])c1[2H]. The molecule has 0 atom stereocenters.